The molecule has 0 saturated carbocycles. The first-order valence-electron chi connectivity index (χ1n) is 6.33. The highest BCUT2D eigenvalue weighted by molar-refractivity contribution is 5.85. The van der Waals surface area contributed by atoms with Gasteiger partial charge in [0.25, 0.3) is 5.56 Å². The number of aromatic nitrogens is 1. The van der Waals surface area contributed by atoms with Crippen LogP contribution in [0, 0.1) is 0 Å². The Bertz CT molecular complexity index is 634. The summed E-state index contributed by atoms with van der Waals surface area (Å²) < 4.78 is 0. The molecule has 5 heteroatoms. The van der Waals surface area contributed by atoms with Crippen LogP contribution in [0.3, 0.4) is 0 Å². The van der Waals surface area contributed by atoms with Gasteiger partial charge in [0.15, 0.2) is 0 Å². The molecule has 3 N–H and O–H groups in total. The Morgan fingerprint density at radius 3 is 2.89 bits per heavy atom. The number of H-pyrrole nitrogens is 1. The summed E-state index contributed by atoms with van der Waals surface area (Å²) in [6, 6.07) is 9.16. The van der Waals surface area contributed by atoms with Crippen molar-refractivity contribution in [2.75, 3.05) is 18.4 Å². The van der Waals surface area contributed by atoms with E-state index in [9.17, 15) is 9.59 Å². The van der Waals surface area contributed by atoms with Gasteiger partial charge in [-0.3, -0.25) is 9.59 Å². The van der Waals surface area contributed by atoms with Gasteiger partial charge in [0, 0.05) is 11.9 Å². The van der Waals surface area contributed by atoms with Crippen LogP contribution < -0.4 is 16.2 Å². The van der Waals surface area contributed by atoms with Crippen molar-refractivity contribution in [3.05, 3.63) is 40.7 Å². The Kier molecular flexibility index (Phi) is 4.18. The maximum absolute atomic E-state index is 11.8. The van der Waals surface area contributed by atoms with E-state index < -0.39 is 0 Å². The second-order valence-electron chi connectivity index (χ2n) is 4.30. The summed E-state index contributed by atoms with van der Waals surface area (Å²) in [5.74, 6) is 0.464. The van der Waals surface area contributed by atoms with Crippen LogP contribution in [0.4, 0.5) is 5.82 Å². The molecule has 100 valence electrons. The van der Waals surface area contributed by atoms with Crippen LogP contribution in [-0.4, -0.2) is 24.0 Å². The van der Waals surface area contributed by atoms with Crippen LogP contribution in [0.15, 0.2) is 35.1 Å². The molecule has 0 unspecified atom stereocenters. The zero-order chi connectivity index (χ0) is 13.7. The number of rotatable bonds is 5. The van der Waals surface area contributed by atoms with Gasteiger partial charge < -0.3 is 15.6 Å². The van der Waals surface area contributed by atoms with Gasteiger partial charge in [0.05, 0.1) is 6.54 Å². The lowest BCUT2D eigenvalue weighted by Crippen LogP contribution is -2.30. The van der Waals surface area contributed by atoms with E-state index in [-0.39, 0.29) is 18.0 Å². The number of amides is 1. The van der Waals surface area contributed by atoms with E-state index in [0.717, 1.165) is 11.8 Å². The summed E-state index contributed by atoms with van der Waals surface area (Å²) in [7, 11) is 0. The van der Waals surface area contributed by atoms with Crippen LogP contribution in [0.25, 0.3) is 10.8 Å². The van der Waals surface area contributed by atoms with Crippen LogP contribution in [0.2, 0.25) is 0 Å². The molecule has 0 spiro atoms. The average Bonchev–Trinajstić information content (AvgIpc) is 2.43. The molecule has 0 aliphatic heterocycles. The Morgan fingerprint density at radius 1 is 1.32 bits per heavy atom. The molecule has 0 bridgehead atoms. The number of benzene rings is 1. The molecule has 19 heavy (non-hydrogen) atoms. The first-order chi connectivity index (χ1) is 9.20. The van der Waals surface area contributed by atoms with Crippen molar-refractivity contribution in [3.8, 4) is 0 Å². The van der Waals surface area contributed by atoms with Crippen molar-refractivity contribution in [2.24, 2.45) is 0 Å². The number of hydrogen-bond donors (Lipinski definition) is 3. The Hall–Kier alpha value is -2.30. The topological polar surface area (TPSA) is 74.0 Å². The number of hydrogen-bond acceptors (Lipinski definition) is 3. The average molecular weight is 259 g/mol. The summed E-state index contributed by atoms with van der Waals surface area (Å²) in [4.78, 5) is 26.0. The Balaban J connectivity index is 2.09. The van der Waals surface area contributed by atoms with E-state index in [1.165, 1.54) is 0 Å². The minimum atomic E-state index is -0.158. The fraction of sp³-hybridized carbons (Fsp3) is 0.286. The van der Waals surface area contributed by atoms with Crippen molar-refractivity contribution in [2.45, 2.75) is 13.3 Å². The third-order valence-corrected chi connectivity index (χ3v) is 2.77. The summed E-state index contributed by atoms with van der Waals surface area (Å²) in [6.07, 6.45) is 0.901. The van der Waals surface area contributed by atoms with Gasteiger partial charge in [-0.15, -0.1) is 0 Å². The molecule has 1 amide bonds. The summed E-state index contributed by atoms with van der Waals surface area (Å²) >= 11 is 0. The molecule has 0 aliphatic carbocycles. The van der Waals surface area contributed by atoms with Crippen molar-refractivity contribution < 1.29 is 4.79 Å². The van der Waals surface area contributed by atoms with Gasteiger partial charge in [-0.05, 0) is 23.9 Å². The third kappa shape index (κ3) is 3.34. The Labute approximate surface area is 111 Å². The molecule has 0 fully saturated rings. The van der Waals surface area contributed by atoms with Gasteiger partial charge in [0.1, 0.15) is 5.82 Å². The lowest BCUT2D eigenvalue weighted by molar-refractivity contribution is -0.119. The van der Waals surface area contributed by atoms with Crippen molar-refractivity contribution in [1.82, 2.24) is 10.3 Å². The van der Waals surface area contributed by atoms with Gasteiger partial charge in [-0.2, -0.15) is 0 Å². The van der Waals surface area contributed by atoms with E-state index in [0.29, 0.717) is 17.7 Å². The molecule has 2 aromatic rings. The fourth-order valence-corrected chi connectivity index (χ4v) is 1.81. The Morgan fingerprint density at radius 2 is 2.11 bits per heavy atom. The monoisotopic (exact) mass is 259 g/mol. The van der Waals surface area contributed by atoms with Crippen molar-refractivity contribution in [3.63, 3.8) is 0 Å². The SMILES string of the molecule is CCCNC(=O)CNc1cc2ccccc2c(=O)[nH]1. The summed E-state index contributed by atoms with van der Waals surface area (Å²) in [5, 5.41) is 7.17. The normalized spacial score (nSPS) is 10.4. The summed E-state index contributed by atoms with van der Waals surface area (Å²) in [6.45, 7) is 2.80. The highest BCUT2D eigenvalue weighted by Gasteiger charge is 2.03. The van der Waals surface area contributed by atoms with Crippen LogP contribution >= 0.6 is 0 Å². The number of anilines is 1. The van der Waals surface area contributed by atoms with E-state index in [4.69, 9.17) is 0 Å². The van der Waals surface area contributed by atoms with Gasteiger partial charge in [-0.25, -0.2) is 0 Å². The number of carbonyl (C=O) groups excluding carboxylic acids is 1. The zero-order valence-electron chi connectivity index (χ0n) is 10.8. The standard InChI is InChI=1S/C14H17N3O2/c1-2-7-15-13(18)9-16-12-8-10-5-3-4-6-11(10)14(19)17-12/h3-6,8H,2,7,9H2,1H3,(H,15,18)(H2,16,17,19). The lowest BCUT2D eigenvalue weighted by Gasteiger charge is -2.07. The summed E-state index contributed by atoms with van der Waals surface area (Å²) in [5.41, 5.74) is -0.158. The zero-order valence-corrected chi connectivity index (χ0v) is 10.8. The minimum absolute atomic E-state index is 0.0872. The first kappa shape index (κ1) is 13.1. The molecule has 0 atom stereocenters. The number of pyridine rings is 1. The molecular formula is C14H17N3O2. The first-order valence-corrected chi connectivity index (χ1v) is 6.33. The predicted molar refractivity (Wildman–Crippen MR) is 76.4 cm³/mol. The van der Waals surface area contributed by atoms with E-state index >= 15 is 0 Å². The molecule has 1 heterocycles. The largest absolute Gasteiger partial charge is 0.362 e. The minimum Gasteiger partial charge on any atom is -0.362 e. The van der Waals surface area contributed by atoms with E-state index in [2.05, 4.69) is 15.6 Å². The van der Waals surface area contributed by atoms with E-state index in [1.54, 1.807) is 6.07 Å². The maximum Gasteiger partial charge on any atom is 0.257 e. The second-order valence-corrected chi connectivity index (χ2v) is 4.30. The lowest BCUT2D eigenvalue weighted by atomic mass is 10.2. The smallest absolute Gasteiger partial charge is 0.257 e. The van der Waals surface area contributed by atoms with Crippen LogP contribution in [0.1, 0.15) is 13.3 Å². The van der Waals surface area contributed by atoms with Crippen LogP contribution in [0.5, 0.6) is 0 Å². The number of nitrogens with one attached hydrogen (secondary N) is 3. The number of fused-ring (bicyclic) bond motifs is 1. The molecule has 0 aliphatic rings. The maximum atomic E-state index is 11.8. The second kappa shape index (κ2) is 6.04. The van der Waals surface area contributed by atoms with Gasteiger partial charge >= 0.3 is 0 Å². The predicted octanol–water partition coefficient (Wildman–Crippen LogP) is 1.47. The molecular weight excluding hydrogens is 242 g/mol. The van der Waals surface area contributed by atoms with Gasteiger partial charge in [-0.1, -0.05) is 25.1 Å². The molecule has 1 aromatic heterocycles. The highest BCUT2D eigenvalue weighted by Crippen LogP contribution is 2.12. The number of carbonyl (C=O) groups is 1. The third-order valence-electron chi connectivity index (χ3n) is 2.77. The quantitative estimate of drug-likeness (QED) is 0.761. The molecule has 0 radical (unpaired) electrons. The van der Waals surface area contributed by atoms with E-state index in [1.807, 2.05) is 31.2 Å². The van der Waals surface area contributed by atoms with Crippen LogP contribution in [-0.2, 0) is 4.79 Å². The van der Waals surface area contributed by atoms with Crippen molar-refractivity contribution in [1.29, 1.82) is 0 Å². The molecule has 0 saturated heterocycles. The molecule has 1 aromatic carbocycles. The van der Waals surface area contributed by atoms with Crippen molar-refractivity contribution >= 4 is 22.5 Å². The fourth-order valence-electron chi connectivity index (χ4n) is 1.81. The molecule has 5 nitrogen and oxygen atoms in total. The number of aromatic amines is 1. The molecule has 2 rings (SSSR count). The highest BCUT2D eigenvalue weighted by atomic mass is 16.2. The van der Waals surface area contributed by atoms with Gasteiger partial charge in [0.2, 0.25) is 5.91 Å².